The third-order valence-electron chi connectivity index (χ3n) is 5.24. The number of amides is 1. The third kappa shape index (κ3) is 3.16. The molecule has 1 saturated carbocycles. The first kappa shape index (κ1) is 15.9. The van der Waals surface area contributed by atoms with Crippen LogP contribution in [-0.4, -0.2) is 21.3 Å². The van der Waals surface area contributed by atoms with Gasteiger partial charge >= 0.3 is 0 Å². The van der Waals surface area contributed by atoms with Gasteiger partial charge in [0, 0.05) is 24.0 Å². The number of nitrogens with one attached hydrogen (secondary N) is 1. The van der Waals surface area contributed by atoms with Crippen molar-refractivity contribution in [2.45, 2.75) is 32.7 Å². The maximum atomic E-state index is 12.5. The van der Waals surface area contributed by atoms with Gasteiger partial charge < -0.3 is 9.72 Å². The Morgan fingerprint density at radius 2 is 1.88 bits per heavy atom. The summed E-state index contributed by atoms with van der Waals surface area (Å²) < 4.78 is 1.93. The van der Waals surface area contributed by atoms with Gasteiger partial charge in [0.05, 0.1) is 11.3 Å². The molecule has 1 amide bonds. The molecule has 1 N–H and O–H groups in total. The number of hydrogen-bond donors (Lipinski definition) is 1. The zero-order valence-electron chi connectivity index (χ0n) is 14.6. The van der Waals surface area contributed by atoms with Gasteiger partial charge in [0.25, 0.3) is 5.91 Å². The lowest BCUT2D eigenvalue weighted by atomic mass is 9.73. The molecule has 1 aliphatic carbocycles. The number of pyridine rings is 1. The van der Waals surface area contributed by atoms with Crippen LogP contribution in [0.15, 0.2) is 54.9 Å². The highest BCUT2D eigenvalue weighted by Gasteiger charge is 2.32. The summed E-state index contributed by atoms with van der Waals surface area (Å²) in [5, 5.41) is 3.15. The van der Waals surface area contributed by atoms with Crippen LogP contribution in [0.4, 0.5) is 0 Å². The number of carbonyl (C=O) groups is 1. The monoisotopic (exact) mass is 333 g/mol. The van der Waals surface area contributed by atoms with Crippen molar-refractivity contribution in [3.8, 4) is 11.3 Å². The van der Waals surface area contributed by atoms with Crippen molar-refractivity contribution in [1.82, 2.24) is 14.7 Å². The SMILES string of the molecule is CC(C)C1CC(NC(=O)c2ccc3nc(-c4ccccc4)cn3c2)C1. The lowest BCUT2D eigenvalue weighted by Crippen LogP contribution is -2.45. The Hall–Kier alpha value is -2.62. The average Bonchev–Trinajstić information content (AvgIpc) is 3.01. The average molecular weight is 333 g/mol. The second kappa shape index (κ2) is 6.36. The van der Waals surface area contributed by atoms with Gasteiger partial charge in [-0.05, 0) is 36.8 Å². The Labute approximate surface area is 147 Å². The molecule has 0 atom stereocenters. The summed E-state index contributed by atoms with van der Waals surface area (Å²) in [5.41, 5.74) is 3.51. The smallest absolute Gasteiger partial charge is 0.252 e. The highest BCUT2D eigenvalue weighted by Crippen LogP contribution is 2.33. The highest BCUT2D eigenvalue weighted by atomic mass is 16.1. The molecule has 2 aromatic heterocycles. The predicted octanol–water partition coefficient (Wildman–Crippen LogP) is 4.17. The van der Waals surface area contributed by atoms with E-state index in [1.165, 1.54) is 0 Å². The summed E-state index contributed by atoms with van der Waals surface area (Å²) in [4.78, 5) is 17.1. The zero-order chi connectivity index (χ0) is 17.4. The standard InChI is InChI=1S/C21H23N3O/c1-14(2)17-10-18(11-17)22-21(25)16-8-9-20-23-19(13-24(20)12-16)15-6-4-3-5-7-15/h3-9,12-14,17-18H,10-11H2,1-2H3,(H,22,25). The van der Waals surface area contributed by atoms with Gasteiger partial charge in [-0.15, -0.1) is 0 Å². The summed E-state index contributed by atoms with van der Waals surface area (Å²) in [5.74, 6) is 1.45. The summed E-state index contributed by atoms with van der Waals surface area (Å²) in [6.45, 7) is 4.50. The van der Waals surface area contributed by atoms with Crippen molar-refractivity contribution < 1.29 is 4.79 Å². The molecule has 4 heteroatoms. The second-order valence-electron chi connectivity index (χ2n) is 7.32. The van der Waals surface area contributed by atoms with E-state index in [2.05, 4.69) is 24.1 Å². The summed E-state index contributed by atoms with van der Waals surface area (Å²) >= 11 is 0. The minimum Gasteiger partial charge on any atom is -0.349 e. The molecular weight excluding hydrogens is 310 g/mol. The molecule has 3 aromatic rings. The van der Waals surface area contributed by atoms with Gasteiger partial charge in [-0.2, -0.15) is 0 Å². The van der Waals surface area contributed by atoms with Gasteiger partial charge in [-0.1, -0.05) is 44.2 Å². The van der Waals surface area contributed by atoms with Crippen LogP contribution in [0, 0.1) is 11.8 Å². The van der Waals surface area contributed by atoms with E-state index in [1.807, 2.05) is 59.3 Å². The summed E-state index contributed by atoms with van der Waals surface area (Å²) in [6, 6.07) is 14.1. The second-order valence-corrected chi connectivity index (χ2v) is 7.32. The van der Waals surface area contributed by atoms with Crippen molar-refractivity contribution >= 4 is 11.6 Å². The molecule has 1 aliphatic rings. The molecule has 4 nitrogen and oxygen atoms in total. The maximum Gasteiger partial charge on any atom is 0.252 e. The van der Waals surface area contributed by atoms with Gasteiger partial charge in [-0.25, -0.2) is 4.98 Å². The fourth-order valence-corrected chi connectivity index (χ4v) is 3.47. The summed E-state index contributed by atoms with van der Waals surface area (Å²) in [6.07, 6.45) is 6.02. The first-order valence-electron chi connectivity index (χ1n) is 8.95. The van der Waals surface area contributed by atoms with Crippen LogP contribution in [-0.2, 0) is 0 Å². The van der Waals surface area contributed by atoms with E-state index in [4.69, 9.17) is 0 Å². The molecule has 0 saturated heterocycles. The lowest BCUT2D eigenvalue weighted by Gasteiger charge is -2.38. The molecule has 1 fully saturated rings. The molecule has 1 aromatic carbocycles. The van der Waals surface area contributed by atoms with E-state index in [0.29, 0.717) is 17.5 Å². The van der Waals surface area contributed by atoms with Crippen molar-refractivity contribution in [3.63, 3.8) is 0 Å². The van der Waals surface area contributed by atoms with Crippen LogP contribution in [0.2, 0.25) is 0 Å². The largest absolute Gasteiger partial charge is 0.349 e. The number of hydrogen-bond acceptors (Lipinski definition) is 2. The molecule has 0 bridgehead atoms. The number of rotatable bonds is 4. The van der Waals surface area contributed by atoms with E-state index in [-0.39, 0.29) is 5.91 Å². The van der Waals surface area contributed by atoms with Crippen LogP contribution < -0.4 is 5.32 Å². The first-order chi connectivity index (χ1) is 12.1. The quantitative estimate of drug-likeness (QED) is 0.779. The Morgan fingerprint density at radius 1 is 1.12 bits per heavy atom. The van der Waals surface area contributed by atoms with Crippen molar-refractivity contribution in [2.75, 3.05) is 0 Å². The number of benzene rings is 1. The Balaban J connectivity index is 1.50. The van der Waals surface area contributed by atoms with Gasteiger partial charge in [0.2, 0.25) is 0 Å². The van der Waals surface area contributed by atoms with Crippen LogP contribution in [0.1, 0.15) is 37.0 Å². The molecular formula is C21H23N3O. The normalized spacial score (nSPS) is 19.8. The van der Waals surface area contributed by atoms with E-state index in [9.17, 15) is 4.79 Å². The van der Waals surface area contributed by atoms with Gasteiger partial charge in [0.15, 0.2) is 0 Å². The van der Waals surface area contributed by atoms with E-state index < -0.39 is 0 Å². The minimum absolute atomic E-state index is 0.00377. The maximum absolute atomic E-state index is 12.5. The number of fused-ring (bicyclic) bond motifs is 1. The molecule has 0 aliphatic heterocycles. The van der Waals surface area contributed by atoms with Crippen molar-refractivity contribution in [2.24, 2.45) is 11.8 Å². The number of nitrogens with zero attached hydrogens (tertiary/aromatic N) is 2. The molecule has 25 heavy (non-hydrogen) atoms. The van der Waals surface area contributed by atoms with E-state index in [0.717, 1.165) is 35.7 Å². The van der Waals surface area contributed by atoms with E-state index in [1.54, 1.807) is 0 Å². The van der Waals surface area contributed by atoms with Crippen LogP contribution >= 0.6 is 0 Å². The lowest BCUT2D eigenvalue weighted by molar-refractivity contribution is 0.0862. The Kier molecular flexibility index (Phi) is 4.04. The van der Waals surface area contributed by atoms with Gasteiger partial charge in [-0.3, -0.25) is 4.79 Å². The molecule has 4 rings (SSSR count). The number of imidazole rings is 1. The van der Waals surface area contributed by atoms with Crippen LogP contribution in [0.5, 0.6) is 0 Å². The number of aromatic nitrogens is 2. The summed E-state index contributed by atoms with van der Waals surface area (Å²) in [7, 11) is 0. The molecule has 0 spiro atoms. The third-order valence-corrected chi connectivity index (χ3v) is 5.24. The topological polar surface area (TPSA) is 46.4 Å². The molecule has 0 radical (unpaired) electrons. The minimum atomic E-state index is 0.00377. The predicted molar refractivity (Wildman–Crippen MR) is 99.4 cm³/mol. The fraction of sp³-hybridized carbons (Fsp3) is 0.333. The van der Waals surface area contributed by atoms with E-state index >= 15 is 0 Å². The first-order valence-corrected chi connectivity index (χ1v) is 8.95. The van der Waals surface area contributed by atoms with Crippen LogP contribution in [0.3, 0.4) is 0 Å². The van der Waals surface area contributed by atoms with Crippen molar-refractivity contribution in [1.29, 1.82) is 0 Å². The molecule has 0 unspecified atom stereocenters. The highest BCUT2D eigenvalue weighted by molar-refractivity contribution is 5.94. The Bertz CT molecular complexity index is 892. The molecule has 128 valence electrons. The molecule has 2 heterocycles. The fourth-order valence-electron chi connectivity index (χ4n) is 3.47. The number of carbonyl (C=O) groups excluding carboxylic acids is 1. The zero-order valence-corrected chi connectivity index (χ0v) is 14.6. The van der Waals surface area contributed by atoms with Gasteiger partial charge in [0.1, 0.15) is 5.65 Å². The Morgan fingerprint density at radius 3 is 2.60 bits per heavy atom. The van der Waals surface area contributed by atoms with Crippen LogP contribution in [0.25, 0.3) is 16.9 Å². The van der Waals surface area contributed by atoms with Crippen molar-refractivity contribution in [3.05, 3.63) is 60.4 Å².